The zero-order chi connectivity index (χ0) is 16.8. The Hall–Kier alpha value is -3.07. The molecular weight excluding hydrogens is 298 g/mol. The van der Waals surface area contributed by atoms with Crippen molar-refractivity contribution >= 4 is 11.6 Å². The molecule has 0 aliphatic heterocycles. The van der Waals surface area contributed by atoms with Crippen molar-refractivity contribution < 1.29 is 9.53 Å². The highest BCUT2D eigenvalue weighted by molar-refractivity contribution is 5.94. The second-order valence-corrected chi connectivity index (χ2v) is 5.51. The number of amides is 1. The topological polar surface area (TPSA) is 38.3 Å². The quantitative estimate of drug-likeness (QED) is 0.737. The number of nitrogens with one attached hydrogen (secondary N) is 1. The lowest BCUT2D eigenvalue weighted by Crippen LogP contribution is -2.30. The van der Waals surface area contributed by atoms with E-state index in [0.717, 1.165) is 16.8 Å². The zero-order valence-corrected chi connectivity index (χ0v) is 13.5. The molecular formula is C21H19NO2. The number of carbonyl (C=O) groups excluding carboxylic acids is 1. The Morgan fingerprint density at radius 3 is 1.96 bits per heavy atom. The lowest BCUT2D eigenvalue weighted by Gasteiger charge is -2.15. The van der Waals surface area contributed by atoms with Crippen LogP contribution in [-0.4, -0.2) is 12.0 Å². The number of benzene rings is 3. The van der Waals surface area contributed by atoms with E-state index in [0.29, 0.717) is 5.75 Å². The highest BCUT2D eigenvalue weighted by atomic mass is 16.5. The van der Waals surface area contributed by atoms with Crippen LogP contribution in [0.25, 0.3) is 11.1 Å². The maximum atomic E-state index is 12.2. The average Bonchev–Trinajstić information content (AvgIpc) is 2.64. The van der Waals surface area contributed by atoms with Crippen molar-refractivity contribution in [2.75, 3.05) is 5.32 Å². The van der Waals surface area contributed by atoms with Crippen LogP contribution in [0.3, 0.4) is 0 Å². The third kappa shape index (κ3) is 4.02. The minimum absolute atomic E-state index is 0.173. The van der Waals surface area contributed by atoms with Crippen molar-refractivity contribution in [2.24, 2.45) is 0 Å². The van der Waals surface area contributed by atoms with Gasteiger partial charge in [-0.15, -0.1) is 0 Å². The molecule has 0 radical (unpaired) electrons. The molecule has 3 aromatic rings. The van der Waals surface area contributed by atoms with Crippen LogP contribution in [0.1, 0.15) is 6.92 Å². The predicted molar refractivity (Wildman–Crippen MR) is 97.0 cm³/mol. The lowest BCUT2D eigenvalue weighted by molar-refractivity contribution is -0.122. The molecule has 120 valence electrons. The van der Waals surface area contributed by atoms with E-state index in [2.05, 4.69) is 17.4 Å². The Kier molecular flexibility index (Phi) is 4.92. The molecule has 0 aliphatic carbocycles. The van der Waals surface area contributed by atoms with Crippen LogP contribution in [0.5, 0.6) is 5.75 Å². The van der Waals surface area contributed by atoms with Gasteiger partial charge < -0.3 is 10.1 Å². The summed E-state index contributed by atoms with van der Waals surface area (Å²) >= 11 is 0. The van der Waals surface area contributed by atoms with Crippen molar-refractivity contribution in [3.63, 3.8) is 0 Å². The molecule has 3 heteroatoms. The number of anilines is 1. The monoisotopic (exact) mass is 317 g/mol. The standard InChI is InChI=1S/C21H19NO2/c1-16(21(23)22-19-10-6-3-7-11-19)24-20-14-12-18(13-15-20)17-8-4-2-5-9-17/h2-16H,1H3,(H,22,23). The Bertz CT molecular complexity index is 783. The van der Waals surface area contributed by atoms with Crippen LogP contribution in [0.15, 0.2) is 84.9 Å². The van der Waals surface area contributed by atoms with E-state index in [1.165, 1.54) is 0 Å². The summed E-state index contributed by atoms with van der Waals surface area (Å²) in [5.41, 5.74) is 3.03. The maximum absolute atomic E-state index is 12.2. The summed E-state index contributed by atoms with van der Waals surface area (Å²) in [6.45, 7) is 1.74. The van der Waals surface area contributed by atoms with Gasteiger partial charge in [-0.2, -0.15) is 0 Å². The van der Waals surface area contributed by atoms with E-state index in [9.17, 15) is 4.79 Å². The van der Waals surface area contributed by atoms with Gasteiger partial charge in [-0.05, 0) is 42.3 Å². The van der Waals surface area contributed by atoms with Gasteiger partial charge >= 0.3 is 0 Å². The van der Waals surface area contributed by atoms with Gasteiger partial charge in [0, 0.05) is 5.69 Å². The van der Waals surface area contributed by atoms with E-state index in [-0.39, 0.29) is 5.91 Å². The van der Waals surface area contributed by atoms with Gasteiger partial charge in [-0.25, -0.2) is 0 Å². The summed E-state index contributed by atoms with van der Waals surface area (Å²) in [5.74, 6) is 0.499. The number of hydrogen-bond acceptors (Lipinski definition) is 2. The van der Waals surface area contributed by atoms with Crippen LogP contribution in [0.4, 0.5) is 5.69 Å². The smallest absolute Gasteiger partial charge is 0.265 e. The van der Waals surface area contributed by atoms with E-state index >= 15 is 0 Å². The van der Waals surface area contributed by atoms with Gasteiger partial charge in [0.05, 0.1) is 0 Å². The van der Waals surface area contributed by atoms with Crippen LogP contribution in [0, 0.1) is 0 Å². The second kappa shape index (κ2) is 7.47. The molecule has 3 aromatic carbocycles. The molecule has 1 atom stereocenters. The van der Waals surface area contributed by atoms with Crippen LogP contribution >= 0.6 is 0 Å². The van der Waals surface area contributed by atoms with E-state index in [1.807, 2.05) is 72.8 Å². The third-order valence-electron chi connectivity index (χ3n) is 3.68. The van der Waals surface area contributed by atoms with Crippen molar-refractivity contribution in [3.8, 4) is 16.9 Å². The van der Waals surface area contributed by atoms with Crippen molar-refractivity contribution in [1.29, 1.82) is 0 Å². The van der Waals surface area contributed by atoms with Gasteiger partial charge in [0.25, 0.3) is 5.91 Å². The first-order chi connectivity index (χ1) is 11.7. The number of para-hydroxylation sites is 1. The number of rotatable bonds is 5. The second-order valence-electron chi connectivity index (χ2n) is 5.51. The van der Waals surface area contributed by atoms with Crippen molar-refractivity contribution in [2.45, 2.75) is 13.0 Å². The van der Waals surface area contributed by atoms with Gasteiger partial charge in [-0.3, -0.25) is 4.79 Å². The highest BCUT2D eigenvalue weighted by Crippen LogP contribution is 2.22. The first kappa shape index (κ1) is 15.8. The predicted octanol–water partition coefficient (Wildman–Crippen LogP) is 4.76. The molecule has 0 heterocycles. The summed E-state index contributed by atoms with van der Waals surface area (Å²) < 4.78 is 5.73. The molecule has 0 fully saturated rings. The first-order valence-corrected chi connectivity index (χ1v) is 7.90. The molecule has 1 unspecified atom stereocenters. The van der Waals surface area contributed by atoms with Crippen molar-refractivity contribution in [1.82, 2.24) is 0 Å². The summed E-state index contributed by atoms with van der Waals surface area (Å²) in [7, 11) is 0. The number of carbonyl (C=O) groups is 1. The maximum Gasteiger partial charge on any atom is 0.265 e. The Labute approximate surface area is 141 Å². The van der Waals surface area contributed by atoms with Crippen LogP contribution in [-0.2, 0) is 4.79 Å². The Morgan fingerprint density at radius 2 is 1.33 bits per heavy atom. The van der Waals surface area contributed by atoms with E-state index < -0.39 is 6.10 Å². The molecule has 3 rings (SSSR count). The minimum atomic E-state index is -0.576. The zero-order valence-electron chi connectivity index (χ0n) is 13.5. The van der Waals surface area contributed by atoms with Crippen LogP contribution < -0.4 is 10.1 Å². The fourth-order valence-electron chi connectivity index (χ4n) is 2.38. The third-order valence-corrected chi connectivity index (χ3v) is 3.68. The molecule has 0 saturated carbocycles. The highest BCUT2D eigenvalue weighted by Gasteiger charge is 2.14. The summed E-state index contributed by atoms with van der Waals surface area (Å²) in [5, 5.41) is 2.84. The van der Waals surface area contributed by atoms with E-state index in [4.69, 9.17) is 4.74 Å². The molecule has 3 nitrogen and oxygen atoms in total. The molecule has 24 heavy (non-hydrogen) atoms. The molecule has 1 N–H and O–H groups in total. The molecule has 0 aliphatic rings. The minimum Gasteiger partial charge on any atom is -0.481 e. The van der Waals surface area contributed by atoms with Crippen LogP contribution in [0.2, 0.25) is 0 Å². The summed E-state index contributed by atoms with van der Waals surface area (Å²) in [6, 6.07) is 27.2. The first-order valence-electron chi connectivity index (χ1n) is 7.90. The Balaban J connectivity index is 1.62. The largest absolute Gasteiger partial charge is 0.481 e. The summed E-state index contributed by atoms with van der Waals surface area (Å²) in [6.07, 6.45) is -0.576. The van der Waals surface area contributed by atoms with Gasteiger partial charge in [-0.1, -0.05) is 60.7 Å². The van der Waals surface area contributed by atoms with E-state index in [1.54, 1.807) is 6.92 Å². The fraction of sp³-hybridized carbons (Fsp3) is 0.0952. The number of ether oxygens (including phenoxy) is 1. The molecule has 0 saturated heterocycles. The van der Waals surface area contributed by atoms with Gasteiger partial charge in [0.15, 0.2) is 6.10 Å². The summed E-state index contributed by atoms with van der Waals surface area (Å²) in [4.78, 5) is 12.2. The van der Waals surface area contributed by atoms with Gasteiger partial charge in [0.1, 0.15) is 5.75 Å². The molecule has 1 amide bonds. The normalized spacial score (nSPS) is 11.5. The molecule has 0 spiro atoms. The molecule has 0 bridgehead atoms. The number of hydrogen-bond donors (Lipinski definition) is 1. The fourth-order valence-corrected chi connectivity index (χ4v) is 2.38. The molecule has 0 aromatic heterocycles. The van der Waals surface area contributed by atoms with Crippen molar-refractivity contribution in [3.05, 3.63) is 84.9 Å². The SMILES string of the molecule is CC(Oc1ccc(-c2ccccc2)cc1)C(=O)Nc1ccccc1. The van der Waals surface area contributed by atoms with Gasteiger partial charge in [0.2, 0.25) is 0 Å². The average molecular weight is 317 g/mol. The lowest BCUT2D eigenvalue weighted by atomic mass is 10.1. The Morgan fingerprint density at radius 1 is 0.792 bits per heavy atom.